The van der Waals surface area contributed by atoms with Crippen molar-refractivity contribution < 1.29 is 9.90 Å². The molecule has 0 bridgehead atoms. The normalized spacial score (nSPS) is 10.7. The van der Waals surface area contributed by atoms with E-state index < -0.39 is 5.97 Å². The standard InChI is InChI=1S/C23H23NO2/c1-3-6-18-13-14-24-16(2)22(18)15-17-9-11-19(12-10-17)20-7-4-5-8-21(20)23(25)26/h4-5,7-14H,3,6,15H2,1-2H3,(H,25,26). The third-order valence-electron chi connectivity index (χ3n) is 4.69. The van der Waals surface area contributed by atoms with E-state index in [-0.39, 0.29) is 0 Å². The summed E-state index contributed by atoms with van der Waals surface area (Å²) in [6, 6.07) is 17.4. The fourth-order valence-electron chi connectivity index (χ4n) is 3.32. The van der Waals surface area contributed by atoms with Crippen LogP contribution >= 0.6 is 0 Å². The Labute approximate surface area is 154 Å². The summed E-state index contributed by atoms with van der Waals surface area (Å²) < 4.78 is 0. The zero-order chi connectivity index (χ0) is 18.5. The van der Waals surface area contributed by atoms with Crippen LogP contribution in [0.1, 0.15) is 46.1 Å². The Morgan fingerprint density at radius 3 is 2.46 bits per heavy atom. The molecule has 26 heavy (non-hydrogen) atoms. The number of rotatable bonds is 6. The summed E-state index contributed by atoms with van der Waals surface area (Å²) in [5.74, 6) is -0.903. The molecule has 0 saturated heterocycles. The Bertz CT molecular complexity index is 914. The molecule has 0 aliphatic heterocycles. The van der Waals surface area contributed by atoms with Gasteiger partial charge in [-0.15, -0.1) is 0 Å². The van der Waals surface area contributed by atoms with Gasteiger partial charge in [0.15, 0.2) is 0 Å². The molecule has 3 nitrogen and oxygen atoms in total. The van der Waals surface area contributed by atoms with Crippen LogP contribution in [-0.4, -0.2) is 16.1 Å². The minimum absolute atomic E-state index is 0.327. The number of benzene rings is 2. The van der Waals surface area contributed by atoms with Gasteiger partial charge < -0.3 is 5.11 Å². The molecule has 3 heteroatoms. The Morgan fingerprint density at radius 2 is 1.77 bits per heavy atom. The summed E-state index contributed by atoms with van der Waals surface area (Å²) in [6.07, 6.45) is 4.90. The van der Waals surface area contributed by atoms with Crippen LogP contribution in [0.3, 0.4) is 0 Å². The monoisotopic (exact) mass is 345 g/mol. The highest BCUT2D eigenvalue weighted by atomic mass is 16.4. The van der Waals surface area contributed by atoms with Gasteiger partial charge in [-0.2, -0.15) is 0 Å². The van der Waals surface area contributed by atoms with Gasteiger partial charge in [0, 0.05) is 11.9 Å². The highest BCUT2D eigenvalue weighted by molar-refractivity contribution is 5.95. The maximum absolute atomic E-state index is 11.4. The Morgan fingerprint density at radius 1 is 1.04 bits per heavy atom. The summed E-state index contributed by atoms with van der Waals surface area (Å²) in [7, 11) is 0. The molecule has 0 aliphatic rings. The van der Waals surface area contributed by atoms with Gasteiger partial charge in [-0.1, -0.05) is 55.8 Å². The van der Waals surface area contributed by atoms with Crippen LogP contribution in [0.15, 0.2) is 60.8 Å². The molecule has 0 saturated carbocycles. The molecule has 2 aromatic carbocycles. The predicted molar refractivity (Wildman–Crippen MR) is 105 cm³/mol. The summed E-state index contributed by atoms with van der Waals surface area (Å²) in [6.45, 7) is 4.25. The van der Waals surface area contributed by atoms with Crippen LogP contribution in [0.2, 0.25) is 0 Å². The molecule has 0 unspecified atom stereocenters. The molecule has 3 aromatic rings. The second-order valence-corrected chi connectivity index (χ2v) is 6.51. The number of hydrogen-bond donors (Lipinski definition) is 1. The number of carboxylic acid groups (broad SMARTS) is 1. The Kier molecular flexibility index (Phi) is 5.47. The lowest BCUT2D eigenvalue weighted by Gasteiger charge is -2.12. The molecule has 1 heterocycles. The molecule has 0 radical (unpaired) electrons. The highest BCUT2D eigenvalue weighted by Gasteiger charge is 2.11. The van der Waals surface area contributed by atoms with Gasteiger partial charge >= 0.3 is 5.97 Å². The molecule has 132 valence electrons. The van der Waals surface area contributed by atoms with E-state index in [2.05, 4.69) is 37.0 Å². The largest absolute Gasteiger partial charge is 0.478 e. The van der Waals surface area contributed by atoms with Crippen molar-refractivity contribution in [1.82, 2.24) is 4.98 Å². The average molecular weight is 345 g/mol. The lowest BCUT2D eigenvalue weighted by atomic mass is 9.94. The van der Waals surface area contributed by atoms with Gasteiger partial charge in [0.2, 0.25) is 0 Å². The van der Waals surface area contributed by atoms with Crippen LogP contribution < -0.4 is 0 Å². The SMILES string of the molecule is CCCc1ccnc(C)c1Cc1ccc(-c2ccccc2C(=O)O)cc1. The minimum Gasteiger partial charge on any atom is -0.478 e. The highest BCUT2D eigenvalue weighted by Crippen LogP contribution is 2.25. The topological polar surface area (TPSA) is 50.2 Å². The van der Waals surface area contributed by atoms with Crippen LogP contribution in [0.4, 0.5) is 0 Å². The smallest absolute Gasteiger partial charge is 0.336 e. The van der Waals surface area contributed by atoms with Crippen LogP contribution in [-0.2, 0) is 12.8 Å². The van der Waals surface area contributed by atoms with Crippen molar-refractivity contribution in [1.29, 1.82) is 0 Å². The first-order valence-electron chi connectivity index (χ1n) is 8.95. The molecule has 1 aromatic heterocycles. The van der Waals surface area contributed by atoms with Gasteiger partial charge in [0.1, 0.15) is 0 Å². The van der Waals surface area contributed by atoms with Gasteiger partial charge in [-0.05, 0) is 59.7 Å². The molecular formula is C23H23NO2. The number of hydrogen-bond acceptors (Lipinski definition) is 2. The number of nitrogens with zero attached hydrogens (tertiary/aromatic N) is 1. The van der Waals surface area contributed by atoms with Crippen molar-refractivity contribution >= 4 is 5.97 Å². The van der Waals surface area contributed by atoms with E-state index in [1.165, 1.54) is 16.7 Å². The van der Waals surface area contributed by atoms with E-state index >= 15 is 0 Å². The second kappa shape index (κ2) is 7.96. The van der Waals surface area contributed by atoms with Crippen LogP contribution in [0, 0.1) is 6.92 Å². The molecule has 0 aliphatic carbocycles. The van der Waals surface area contributed by atoms with Crippen LogP contribution in [0.5, 0.6) is 0 Å². The minimum atomic E-state index is -0.903. The number of pyridine rings is 1. The summed E-state index contributed by atoms with van der Waals surface area (Å²) in [5, 5.41) is 9.38. The van der Waals surface area contributed by atoms with E-state index in [1.807, 2.05) is 30.5 Å². The molecule has 3 rings (SSSR count). The predicted octanol–water partition coefficient (Wildman–Crippen LogP) is 5.30. The van der Waals surface area contributed by atoms with Gasteiger partial charge in [0.05, 0.1) is 5.56 Å². The summed E-state index contributed by atoms with van der Waals surface area (Å²) in [5.41, 5.74) is 6.94. The Balaban J connectivity index is 1.89. The fraction of sp³-hybridized carbons (Fsp3) is 0.217. The first-order chi connectivity index (χ1) is 12.6. The molecule has 0 spiro atoms. The number of aromatic carboxylic acids is 1. The third kappa shape index (κ3) is 3.83. The first-order valence-corrected chi connectivity index (χ1v) is 8.95. The van der Waals surface area contributed by atoms with Crippen molar-refractivity contribution in [2.24, 2.45) is 0 Å². The van der Waals surface area contributed by atoms with Crippen LogP contribution in [0.25, 0.3) is 11.1 Å². The molecule has 0 atom stereocenters. The lowest BCUT2D eigenvalue weighted by molar-refractivity contribution is 0.0697. The third-order valence-corrected chi connectivity index (χ3v) is 4.69. The maximum Gasteiger partial charge on any atom is 0.336 e. The van der Waals surface area contributed by atoms with E-state index in [9.17, 15) is 9.90 Å². The molecule has 0 fully saturated rings. The van der Waals surface area contributed by atoms with Gasteiger partial charge in [0.25, 0.3) is 0 Å². The molecular weight excluding hydrogens is 322 g/mol. The van der Waals surface area contributed by atoms with Gasteiger partial charge in [-0.25, -0.2) is 4.79 Å². The first kappa shape index (κ1) is 17.9. The number of carboxylic acids is 1. The van der Waals surface area contributed by atoms with Crippen molar-refractivity contribution in [2.75, 3.05) is 0 Å². The number of carbonyl (C=O) groups is 1. The quantitative estimate of drug-likeness (QED) is 0.659. The zero-order valence-corrected chi connectivity index (χ0v) is 15.2. The van der Waals surface area contributed by atoms with Crippen molar-refractivity contribution in [3.05, 3.63) is 88.7 Å². The molecule has 0 amide bonds. The maximum atomic E-state index is 11.4. The summed E-state index contributed by atoms with van der Waals surface area (Å²) in [4.78, 5) is 15.9. The lowest BCUT2D eigenvalue weighted by Crippen LogP contribution is -2.01. The van der Waals surface area contributed by atoms with Gasteiger partial charge in [-0.3, -0.25) is 4.98 Å². The summed E-state index contributed by atoms with van der Waals surface area (Å²) >= 11 is 0. The zero-order valence-electron chi connectivity index (χ0n) is 15.2. The Hall–Kier alpha value is -2.94. The van der Waals surface area contributed by atoms with E-state index in [4.69, 9.17) is 0 Å². The van der Waals surface area contributed by atoms with Crippen molar-refractivity contribution in [3.8, 4) is 11.1 Å². The average Bonchev–Trinajstić information content (AvgIpc) is 2.65. The number of aromatic nitrogens is 1. The van der Waals surface area contributed by atoms with Crippen molar-refractivity contribution in [2.45, 2.75) is 33.1 Å². The number of aryl methyl sites for hydroxylation is 2. The second-order valence-electron chi connectivity index (χ2n) is 6.51. The van der Waals surface area contributed by atoms with E-state index in [0.717, 1.165) is 36.1 Å². The van der Waals surface area contributed by atoms with E-state index in [1.54, 1.807) is 12.1 Å². The fourth-order valence-corrected chi connectivity index (χ4v) is 3.32. The molecule has 1 N–H and O–H groups in total. The van der Waals surface area contributed by atoms with E-state index in [0.29, 0.717) is 5.56 Å². The van der Waals surface area contributed by atoms with Crippen molar-refractivity contribution in [3.63, 3.8) is 0 Å².